The number of nitrogens with one attached hydrogen (secondary N) is 1. The van der Waals surface area contributed by atoms with Gasteiger partial charge in [-0.25, -0.2) is 4.79 Å². The summed E-state index contributed by atoms with van der Waals surface area (Å²) in [4.78, 5) is 26.3. The van der Waals surface area contributed by atoms with Crippen LogP contribution in [0, 0.1) is 5.92 Å². The van der Waals surface area contributed by atoms with Crippen LogP contribution in [0.1, 0.15) is 37.7 Å². The van der Waals surface area contributed by atoms with Crippen molar-refractivity contribution in [2.24, 2.45) is 5.92 Å². The van der Waals surface area contributed by atoms with Crippen LogP contribution in [-0.2, 0) is 16.0 Å². The van der Waals surface area contributed by atoms with Crippen molar-refractivity contribution in [3.8, 4) is 0 Å². The van der Waals surface area contributed by atoms with Gasteiger partial charge in [0, 0.05) is 24.2 Å². The molecule has 5 nitrogen and oxygen atoms in total. The molecule has 130 valence electrons. The summed E-state index contributed by atoms with van der Waals surface area (Å²) in [7, 11) is 1.86. The molecule has 0 bridgehead atoms. The SMILES string of the molecule is CN1c2ccc(Cl)cc2C[C@@H]1C(=O)N[C@@H](C(=O)O)C1CCCCC1. The molecule has 24 heavy (non-hydrogen) atoms. The molecule has 1 aliphatic heterocycles. The molecular weight excluding hydrogens is 328 g/mol. The third kappa shape index (κ3) is 3.36. The molecule has 3 rings (SSSR count). The second kappa shape index (κ2) is 7.01. The molecule has 0 spiro atoms. The van der Waals surface area contributed by atoms with Crippen LogP contribution in [0.3, 0.4) is 0 Å². The number of halogens is 1. The van der Waals surface area contributed by atoms with Gasteiger partial charge >= 0.3 is 5.97 Å². The van der Waals surface area contributed by atoms with Gasteiger partial charge in [0.15, 0.2) is 0 Å². The number of carboxylic acids is 1. The lowest BCUT2D eigenvalue weighted by Crippen LogP contribution is -2.52. The summed E-state index contributed by atoms with van der Waals surface area (Å²) in [6.07, 6.45) is 5.52. The van der Waals surface area contributed by atoms with E-state index in [1.165, 1.54) is 0 Å². The first-order valence-electron chi connectivity index (χ1n) is 8.52. The van der Waals surface area contributed by atoms with E-state index < -0.39 is 12.0 Å². The lowest BCUT2D eigenvalue weighted by Gasteiger charge is -2.30. The minimum absolute atomic E-state index is 0.0312. The molecule has 0 radical (unpaired) electrons. The number of hydrogen-bond acceptors (Lipinski definition) is 3. The Balaban J connectivity index is 1.71. The first kappa shape index (κ1) is 17.1. The Kier molecular flexibility index (Phi) is 4.99. The van der Waals surface area contributed by atoms with E-state index in [9.17, 15) is 14.7 Å². The van der Waals surface area contributed by atoms with Gasteiger partial charge in [-0.2, -0.15) is 0 Å². The molecule has 1 saturated carbocycles. The van der Waals surface area contributed by atoms with E-state index in [1.807, 2.05) is 24.1 Å². The van der Waals surface area contributed by atoms with Crippen LogP contribution < -0.4 is 10.2 Å². The second-order valence-corrected chi connectivity index (χ2v) is 7.26. The fourth-order valence-corrected chi connectivity index (χ4v) is 4.14. The summed E-state index contributed by atoms with van der Waals surface area (Å²) in [6, 6.07) is 4.40. The molecule has 6 heteroatoms. The number of amides is 1. The van der Waals surface area contributed by atoms with E-state index in [-0.39, 0.29) is 17.9 Å². The maximum atomic E-state index is 12.7. The first-order valence-corrected chi connectivity index (χ1v) is 8.89. The number of carboxylic acid groups (broad SMARTS) is 1. The van der Waals surface area contributed by atoms with Crippen molar-refractivity contribution in [3.63, 3.8) is 0 Å². The topological polar surface area (TPSA) is 69.6 Å². The lowest BCUT2D eigenvalue weighted by molar-refractivity contribution is -0.144. The highest BCUT2D eigenvalue weighted by atomic mass is 35.5. The summed E-state index contributed by atoms with van der Waals surface area (Å²) in [5, 5.41) is 13.0. The molecule has 1 aliphatic carbocycles. The van der Waals surface area contributed by atoms with Crippen molar-refractivity contribution in [3.05, 3.63) is 28.8 Å². The van der Waals surface area contributed by atoms with Gasteiger partial charge in [0.25, 0.3) is 0 Å². The first-order chi connectivity index (χ1) is 11.5. The van der Waals surface area contributed by atoms with Gasteiger partial charge in [-0.15, -0.1) is 0 Å². The highest BCUT2D eigenvalue weighted by molar-refractivity contribution is 6.30. The molecule has 2 atom stereocenters. The molecule has 1 fully saturated rings. The molecule has 2 aliphatic rings. The van der Waals surface area contributed by atoms with E-state index in [4.69, 9.17) is 11.6 Å². The molecular formula is C18H23ClN2O3. The highest BCUT2D eigenvalue weighted by Gasteiger charge is 2.36. The number of hydrogen-bond donors (Lipinski definition) is 2. The van der Waals surface area contributed by atoms with Crippen LogP contribution in [0.15, 0.2) is 18.2 Å². The zero-order valence-electron chi connectivity index (χ0n) is 13.8. The van der Waals surface area contributed by atoms with Gasteiger partial charge in [-0.1, -0.05) is 30.9 Å². The molecule has 0 unspecified atom stereocenters. The van der Waals surface area contributed by atoms with E-state index >= 15 is 0 Å². The fraction of sp³-hybridized carbons (Fsp3) is 0.556. The largest absolute Gasteiger partial charge is 0.480 e. The van der Waals surface area contributed by atoms with Crippen LogP contribution in [-0.4, -0.2) is 36.1 Å². The molecule has 1 heterocycles. The van der Waals surface area contributed by atoms with Crippen LogP contribution in [0.4, 0.5) is 5.69 Å². The van der Waals surface area contributed by atoms with Gasteiger partial charge in [0.1, 0.15) is 12.1 Å². The quantitative estimate of drug-likeness (QED) is 0.876. The standard InChI is InChI=1S/C18H23ClN2O3/c1-21-14-8-7-13(19)9-12(14)10-15(21)17(22)20-16(18(23)24)11-5-3-2-4-6-11/h7-9,11,15-16H,2-6,10H2,1H3,(H,20,22)(H,23,24)/t15-,16-/m1/s1. The zero-order chi connectivity index (χ0) is 17.3. The molecule has 2 N–H and O–H groups in total. The predicted molar refractivity (Wildman–Crippen MR) is 93.5 cm³/mol. The van der Waals surface area contributed by atoms with Gasteiger partial charge in [0.05, 0.1) is 0 Å². The number of rotatable bonds is 4. The van der Waals surface area contributed by atoms with E-state index in [2.05, 4.69) is 5.32 Å². The minimum atomic E-state index is -0.934. The van der Waals surface area contributed by atoms with Crippen molar-refractivity contribution >= 4 is 29.2 Å². The minimum Gasteiger partial charge on any atom is -0.480 e. The Morgan fingerprint density at radius 3 is 2.67 bits per heavy atom. The van der Waals surface area contributed by atoms with Crippen molar-refractivity contribution in [1.82, 2.24) is 5.32 Å². The number of fused-ring (bicyclic) bond motifs is 1. The summed E-state index contributed by atoms with van der Waals surface area (Å²) in [6.45, 7) is 0. The normalized spacial score (nSPS) is 22.1. The van der Waals surface area contributed by atoms with Crippen molar-refractivity contribution in [2.75, 3.05) is 11.9 Å². The maximum absolute atomic E-state index is 12.7. The number of carbonyl (C=O) groups is 2. The predicted octanol–water partition coefficient (Wildman–Crippen LogP) is 2.85. The Labute approximate surface area is 147 Å². The molecule has 1 aromatic carbocycles. The number of carbonyl (C=O) groups excluding carboxylic acids is 1. The Morgan fingerprint density at radius 2 is 2.00 bits per heavy atom. The Bertz CT molecular complexity index is 643. The van der Waals surface area contributed by atoms with E-state index in [0.717, 1.165) is 43.4 Å². The molecule has 1 aromatic rings. The van der Waals surface area contributed by atoms with Crippen molar-refractivity contribution < 1.29 is 14.7 Å². The van der Waals surface area contributed by atoms with Gasteiger partial charge in [-0.3, -0.25) is 4.79 Å². The monoisotopic (exact) mass is 350 g/mol. The smallest absolute Gasteiger partial charge is 0.326 e. The maximum Gasteiger partial charge on any atom is 0.326 e. The van der Waals surface area contributed by atoms with Gasteiger partial charge in [-0.05, 0) is 42.5 Å². The Hall–Kier alpha value is -1.75. The average Bonchev–Trinajstić information content (AvgIpc) is 2.89. The summed E-state index contributed by atoms with van der Waals surface area (Å²) in [5.41, 5.74) is 2.00. The van der Waals surface area contributed by atoms with Crippen molar-refractivity contribution in [2.45, 2.75) is 50.6 Å². The Morgan fingerprint density at radius 1 is 1.29 bits per heavy atom. The highest BCUT2D eigenvalue weighted by Crippen LogP contribution is 2.33. The van der Waals surface area contributed by atoms with Crippen LogP contribution in [0.25, 0.3) is 0 Å². The molecule has 0 saturated heterocycles. The fourth-order valence-electron chi connectivity index (χ4n) is 3.94. The number of aliphatic carboxylic acids is 1. The molecule has 0 aromatic heterocycles. The third-order valence-corrected chi connectivity index (χ3v) is 5.53. The average molecular weight is 351 g/mol. The van der Waals surface area contributed by atoms with Crippen LogP contribution >= 0.6 is 11.6 Å². The number of anilines is 1. The summed E-state index contributed by atoms with van der Waals surface area (Å²) in [5.74, 6) is -1.12. The second-order valence-electron chi connectivity index (χ2n) is 6.83. The zero-order valence-corrected chi connectivity index (χ0v) is 14.6. The number of benzene rings is 1. The summed E-state index contributed by atoms with van der Waals surface area (Å²) < 4.78 is 0. The van der Waals surface area contributed by atoms with Crippen LogP contribution in [0.2, 0.25) is 5.02 Å². The number of nitrogens with zero attached hydrogens (tertiary/aromatic N) is 1. The van der Waals surface area contributed by atoms with Crippen LogP contribution in [0.5, 0.6) is 0 Å². The van der Waals surface area contributed by atoms with E-state index in [0.29, 0.717) is 11.4 Å². The van der Waals surface area contributed by atoms with E-state index in [1.54, 1.807) is 6.07 Å². The van der Waals surface area contributed by atoms with Crippen molar-refractivity contribution in [1.29, 1.82) is 0 Å². The third-order valence-electron chi connectivity index (χ3n) is 5.29. The molecule has 1 amide bonds. The summed E-state index contributed by atoms with van der Waals surface area (Å²) >= 11 is 6.03. The van der Waals surface area contributed by atoms with Gasteiger partial charge in [0.2, 0.25) is 5.91 Å². The number of likely N-dealkylation sites (N-methyl/N-ethyl adjacent to an activating group) is 1. The lowest BCUT2D eigenvalue weighted by atomic mass is 9.83. The van der Waals surface area contributed by atoms with Gasteiger partial charge < -0.3 is 15.3 Å².